The maximum atomic E-state index is 12.3. The smallest absolute Gasteiger partial charge is 0.200 e. The Balaban J connectivity index is 2.41. The lowest BCUT2D eigenvalue weighted by Gasteiger charge is -2.03. The Bertz CT molecular complexity index is 687. The Morgan fingerprint density at radius 1 is 1.18 bits per heavy atom. The maximum Gasteiger partial charge on any atom is 0.200 e. The molecule has 3 rings (SSSR count). The van der Waals surface area contributed by atoms with E-state index < -0.39 is 0 Å². The van der Waals surface area contributed by atoms with Gasteiger partial charge in [0, 0.05) is 0 Å². The van der Waals surface area contributed by atoms with E-state index in [9.17, 15) is 4.79 Å². The highest BCUT2D eigenvalue weighted by Gasteiger charge is 2.11. The van der Waals surface area contributed by atoms with E-state index >= 15 is 0 Å². The molecule has 2 aliphatic carbocycles. The van der Waals surface area contributed by atoms with E-state index in [0.29, 0.717) is 17.2 Å². The first-order valence-corrected chi connectivity index (χ1v) is 5.99. The molecule has 0 saturated carbocycles. The molecule has 2 aliphatic rings. The summed E-state index contributed by atoms with van der Waals surface area (Å²) in [5.41, 5.74) is 1.50. The van der Waals surface area contributed by atoms with Crippen LogP contribution < -0.4 is 16.1 Å². The van der Waals surface area contributed by atoms with Crippen LogP contribution >= 0.6 is 0 Å². The third-order valence-corrected chi connectivity index (χ3v) is 3.20. The van der Waals surface area contributed by atoms with Crippen LogP contribution in [0, 0.1) is 5.92 Å². The molecule has 1 aromatic heterocycles. The SMILES string of the molecule is CC1C=Cc2oc3c(c(=O)c2C=C1)=CCCC=3. The molecule has 0 bridgehead atoms. The third-order valence-electron chi connectivity index (χ3n) is 3.20. The van der Waals surface area contributed by atoms with Crippen LogP contribution in [0.5, 0.6) is 0 Å². The van der Waals surface area contributed by atoms with Gasteiger partial charge >= 0.3 is 0 Å². The minimum absolute atomic E-state index is 0.0900. The highest BCUT2D eigenvalue weighted by molar-refractivity contribution is 5.64. The summed E-state index contributed by atoms with van der Waals surface area (Å²) in [6.07, 6.45) is 13.7. The summed E-state index contributed by atoms with van der Waals surface area (Å²) < 4.78 is 5.81. The van der Waals surface area contributed by atoms with Gasteiger partial charge in [0.2, 0.25) is 0 Å². The van der Waals surface area contributed by atoms with Gasteiger partial charge in [-0.3, -0.25) is 4.79 Å². The normalized spacial score (nSPS) is 20.9. The molecular formula is C15H14O2. The van der Waals surface area contributed by atoms with Gasteiger partial charge in [0.1, 0.15) is 11.2 Å². The molecule has 0 spiro atoms. The molecule has 0 fully saturated rings. The Labute approximate surface area is 99.3 Å². The van der Waals surface area contributed by atoms with Crippen molar-refractivity contribution in [3.05, 3.63) is 44.3 Å². The number of hydrogen-bond donors (Lipinski definition) is 0. The summed E-state index contributed by atoms with van der Waals surface area (Å²) in [6, 6.07) is 0. The summed E-state index contributed by atoms with van der Waals surface area (Å²) in [4.78, 5) is 12.3. The van der Waals surface area contributed by atoms with Crippen LogP contribution in [0.15, 0.2) is 21.4 Å². The van der Waals surface area contributed by atoms with Crippen molar-refractivity contribution in [1.29, 1.82) is 0 Å². The topological polar surface area (TPSA) is 30.2 Å². The molecule has 0 aromatic carbocycles. The molecule has 0 saturated heterocycles. The number of fused-ring (bicyclic) bond motifs is 2. The van der Waals surface area contributed by atoms with Gasteiger partial charge in [-0.2, -0.15) is 0 Å². The lowest BCUT2D eigenvalue weighted by Crippen LogP contribution is -2.41. The van der Waals surface area contributed by atoms with Crippen molar-refractivity contribution in [2.24, 2.45) is 5.92 Å². The highest BCUT2D eigenvalue weighted by atomic mass is 16.3. The third kappa shape index (κ3) is 1.70. The van der Waals surface area contributed by atoms with Gasteiger partial charge in [-0.1, -0.05) is 31.2 Å². The minimum atomic E-state index is 0.0900. The largest absolute Gasteiger partial charge is 0.456 e. The molecule has 2 nitrogen and oxygen atoms in total. The van der Waals surface area contributed by atoms with Gasteiger partial charge in [-0.05, 0) is 30.9 Å². The second-order valence-corrected chi connectivity index (χ2v) is 4.55. The molecule has 2 heteroatoms. The van der Waals surface area contributed by atoms with Gasteiger partial charge in [0.25, 0.3) is 0 Å². The van der Waals surface area contributed by atoms with Crippen molar-refractivity contribution in [3.8, 4) is 0 Å². The minimum Gasteiger partial charge on any atom is -0.456 e. The second kappa shape index (κ2) is 3.88. The van der Waals surface area contributed by atoms with Crippen LogP contribution in [0.1, 0.15) is 31.1 Å². The Morgan fingerprint density at radius 3 is 2.82 bits per heavy atom. The standard InChI is InChI=1S/C15H14O2/c1-10-6-8-12-14(9-7-10)17-13-5-3-2-4-11(13)15(12)16/h4-10H,2-3H2,1H3. The van der Waals surface area contributed by atoms with Crippen molar-refractivity contribution >= 4 is 24.3 Å². The van der Waals surface area contributed by atoms with E-state index in [4.69, 9.17) is 4.42 Å². The molecular weight excluding hydrogens is 212 g/mol. The molecule has 0 radical (unpaired) electrons. The van der Waals surface area contributed by atoms with Crippen LogP contribution in [-0.4, -0.2) is 0 Å². The monoisotopic (exact) mass is 226 g/mol. The van der Waals surface area contributed by atoms with Crippen molar-refractivity contribution in [3.63, 3.8) is 0 Å². The molecule has 1 atom stereocenters. The molecule has 0 aliphatic heterocycles. The Morgan fingerprint density at radius 2 is 1.94 bits per heavy atom. The summed E-state index contributed by atoms with van der Waals surface area (Å²) in [5, 5.41) is 0.725. The van der Waals surface area contributed by atoms with E-state index in [1.54, 1.807) is 0 Å². The van der Waals surface area contributed by atoms with Gasteiger partial charge in [0.15, 0.2) is 5.43 Å². The average Bonchev–Trinajstić information content (AvgIpc) is 2.53. The van der Waals surface area contributed by atoms with Crippen molar-refractivity contribution < 1.29 is 4.42 Å². The van der Waals surface area contributed by atoms with Crippen molar-refractivity contribution in [1.82, 2.24) is 0 Å². The van der Waals surface area contributed by atoms with Crippen LogP contribution in [0.2, 0.25) is 0 Å². The predicted octanol–water partition coefficient (Wildman–Crippen LogP) is 1.67. The summed E-state index contributed by atoms with van der Waals surface area (Å²) in [6.45, 7) is 2.08. The summed E-state index contributed by atoms with van der Waals surface area (Å²) in [7, 11) is 0. The Kier molecular flexibility index (Phi) is 2.36. The fourth-order valence-electron chi connectivity index (χ4n) is 2.22. The Hall–Kier alpha value is -1.83. The molecule has 0 amide bonds. The lowest BCUT2D eigenvalue weighted by atomic mass is 10.1. The molecule has 1 aromatic rings. The molecule has 17 heavy (non-hydrogen) atoms. The van der Waals surface area contributed by atoms with E-state index in [2.05, 4.69) is 6.92 Å². The summed E-state index contributed by atoms with van der Waals surface area (Å²) in [5.74, 6) is 1.02. The zero-order chi connectivity index (χ0) is 11.8. The van der Waals surface area contributed by atoms with Gasteiger partial charge < -0.3 is 4.42 Å². The van der Waals surface area contributed by atoms with E-state index in [0.717, 1.165) is 23.5 Å². The highest BCUT2D eigenvalue weighted by Crippen LogP contribution is 2.15. The zero-order valence-corrected chi connectivity index (χ0v) is 9.77. The second-order valence-electron chi connectivity index (χ2n) is 4.55. The number of rotatable bonds is 0. The van der Waals surface area contributed by atoms with Crippen LogP contribution in [0.3, 0.4) is 0 Å². The van der Waals surface area contributed by atoms with E-state index in [1.165, 1.54) is 0 Å². The summed E-state index contributed by atoms with van der Waals surface area (Å²) >= 11 is 0. The molecule has 1 heterocycles. The zero-order valence-electron chi connectivity index (χ0n) is 9.77. The van der Waals surface area contributed by atoms with Gasteiger partial charge in [0.05, 0.1) is 10.8 Å². The lowest BCUT2D eigenvalue weighted by molar-refractivity contribution is 0.493. The fraction of sp³-hybridized carbons (Fsp3) is 0.267. The van der Waals surface area contributed by atoms with Gasteiger partial charge in [-0.15, -0.1) is 0 Å². The molecule has 0 N–H and O–H groups in total. The first kappa shape index (κ1) is 10.3. The van der Waals surface area contributed by atoms with Crippen molar-refractivity contribution in [2.75, 3.05) is 0 Å². The van der Waals surface area contributed by atoms with Gasteiger partial charge in [-0.25, -0.2) is 0 Å². The van der Waals surface area contributed by atoms with Crippen LogP contribution in [-0.2, 0) is 0 Å². The van der Waals surface area contributed by atoms with E-state index in [-0.39, 0.29) is 5.43 Å². The van der Waals surface area contributed by atoms with Crippen LogP contribution in [0.25, 0.3) is 24.3 Å². The molecule has 1 unspecified atom stereocenters. The first-order valence-electron chi connectivity index (χ1n) is 5.99. The molecule has 86 valence electrons. The quantitative estimate of drug-likeness (QED) is 0.673. The fourth-order valence-corrected chi connectivity index (χ4v) is 2.22. The van der Waals surface area contributed by atoms with Crippen molar-refractivity contribution in [2.45, 2.75) is 19.8 Å². The van der Waals surface area contributed by atoms with E-state index in [1.807, 2.05) is 36.5 Å². The predicted molar refractivity (Wildman–Crippen MR) is 69.6 cm³/mol. The number of hydrogen-bond acceptors (Lipinski definition) is 2. The number of allylic oxidation sites excluding steroid dienone is 2. The van der Waals surface area contributed by atoms with Crippen LogP contribution in [0.4, 0.5) is 0 Å². The average molecular weight is 226 g/mol. The first-order chi connectivity index (χ1) is 8.25. The maximum absolute atomic E-state index is 12.3.